The van der Waals surface area contributed by atoms with E-state index < -0.39 is 0 Å². The molecule has 3 nitrogen and oxygen atoms in total. The van der Waals surface area contributed by atoms with Crippen LogP contribution in [0.15, 0.2) is 24.5 Å². The van der Waals surface area contributed by atoms with Crippen molar-refractivity contribution in [2.45, 2.75) is 32.4 Å². The van der Waals surface area contributed by atoms with Gasteiger partial charge in [0.15, 0.2) is 0 Å². The van der Waals surface area contributed by atoms with E-state index in [-0.39, 0.29) is 18.7 Å². The molecule has 0 bridgehead atoms. The first-order valence-electron chi connectivity index (χ1n) is 5.04. The van der Waals surface area contributed by atoms with Gasteiger partial charge < -0.3 is 10.4 Å². The summed E-state index contributed by atoms with van der Waals surface area (Å²) in [5.41, 5.74) is 1.20. The first-order chi connectivity index (χ1) is 6.77. The third-order valence-corrected chi connectivity index (χ3v) is 2.40. The molecule has 0 amide bonds. The van der Waals surface area contributed by atoms with E-state index in [1.807, 2.05) is 12.1 Å². The van der Waals surface area contributed by atoms with Crippen LogP contribution in [0, 0.1) is 0 Å². The van der Waals surface area contributed by atoms with E-state index in [9.17, 15) is 0 Å². The van der Waals surface area contributed by atoms with Crippen LogP contribution in [0.5, 0.6) is 0 Å². The van der Waals surface area contributed by atoms with Crippen LogP contribution in [0.3, 0.4) is 0 Å². The van der Waals surface area contributed by atoms with Crippen LogP contribution in [0.1, 0.15) is 31.9 Å². The predicted octanol–water partition coefficient (Wildman–Crippen LogP) is 1.50. The van der Waals surface area contributed by atoms with Gasteiger partial charge in [-0.3, -0.25) is 4.98 Å². The smallest absolute Gasteiger partial charge is 0.0584 e. The molecule has 0 saturated heterocycles. The van der Waals surface area contributed by atoms with Gasteiger partial charge in [-0.1, -0.05) is 6.92 Å². The van der Waals surface area contributed by atoms with Crippen molar-refractivity contribution in [2.24, 2.45) is 0 Å². The van der Waals surface area contributed by atoms with Crippen LogP contribution < -0.4 is 5.32 Å². The van der Waals surface area contributed by atoms with Gasteiger partial charge >= 0.3 is 0 Å². The average Bonchev–Trinajstić information content (AvgIpc) is 2.26. The summed E-state index contributed by atoms with van der Waals surface area (Å²) >= 11 is 0. The second-order valence-electron chi connectivity index (χ2n) is 3.46. The normalized spacial score (nSPS) is 15.1. The molecule has 0 fully saturated rings. The minimum absolute atomic E-state index is 0.179. The Morgan fingerprint density at radius 2 is 2.07 bits per heavy atom. The lowest BCUT2D eigenvalue weighted by atomic mass is 10.1. The minimum atomic E-state index is 0.179. The van der Waals surface area contributed by atoms with Crippen molar-refractivity contribution in [3.8, 4) is 0 Å². The second kappa shape index (κ2) is 5.73. The number of rotatable bonds is 5. The van der Waals surface area contributed by atoms with Gasteiger partial charge in [0.2, 0.25) is 0 Å². The fraction of sp³-hybridized carbons (Fsp3) is 0.545. The Kier molecular flexibility index (Phi) is 4.56. The van der Waals surface area contributed by atoms with Crippen LogP contribution in [-0.4, -0.2) is 22.7 Å². The Bertz CT molecular complexity index is 247. The monoisotopic (exact) mass is 194 g/mol. The summed E-state index contributed by atoms with van der Waals surface area (Å²) in [6.07, 6.45) is 4.51. The average molecular weight is 194 g/mol. The Morgan fingerprint density at radius 1 is 1.43 bits per heavy atom. The number of nitrogens with zero attached hydrogens (tertiary/aromatic N) is 1. The summed E-state index contributed by atoms with van der Waals surface area (Å²) in [5, 5.41) is 12.4. The molecule has 0 aromatic carbocycles. The SMILES string of the molecule is CC[C@@H](CO)N[C@H](C)c1ccncc1. The lowest BCUT2D eigenvalue weighted by Gasteiger charge is -2.20. The van der Waals surface area contributed by atoms with E-state index in [1.165, 1.54) is 5.56 Å². The number of aliphatic hydroxyl groups excluding tert-OH is 1. The maximum Gasteiger partial charge on any atom is 0.0584 e. The van der Waals surface area contributed by atoms with Gasteiger partial charge in [0.05, 0.1) is 6.61 Å². The molecule has 2 atom stereocenters. The number of aromatic nitrogens is 1. The number of hydrogen-bond acceptors (Lipinski definition) is 3. The third kappa shape index (κ3) is 3.09. The first-order valence-corrected chi connectivity index (χ1v) is 5.04. The topological polar surface area (TPSA) is 45.1 Å². The van der Waals surface area contributed by atoms with Crippen LogP contribution in [0.25, 0.3) is 0 Å². The Hall–Kier alpha value is -0.930. The highest BCUT2D eigenvalue weighted by Gasteiger charge is 2.09. The standard InChI is InChI=1S/C11H18N2O/c1-3-11(8-14)13-9(2)10-4-6-12-7-5-10/h4-7,9,11,13-14H,3,8H2,1-2H3/t9-,11+/m1/s1. The van der Waals surface area contributed by atoms with Crippen LogP contribution >= 0.6 is 0 Å². The molecular formula is C11H18N2O. The predicted molar refractivity (Wildman–Crippen MR) is 57.0 cm³/mol. The molecule has 1 heterocycles. The Labute approximate surface area is 85.2 Å². The molecular weight excluding hydrogens is 176 g/mol. The van der Waals surface area contributed by atoms with Crippen LogP contribution in [-0.2, 0) is 0 Å². The molecule has 78 valence electrons. The Morgan fingerprint density at radius 3 is 2.57 bits per heavy atom. The number of nitrogens with one attached hydrogen (secondary N) is 1. The molecule has 0 unspecified atom stereocenters. The van der Waals surface area contributed by atoms with Crippen molar-refractivity contribution < 1.29 is 5.11 Å². The molecule has 0 aliphatic heterocycles. The number of aliphatic hydroxyl groups is 1. The molecule has 0 aliphatic carbocycles. The number of hydrogen-bond donors (Lipinski definition) is 2. The molecule has 1 aromatic heterocycles. The summed E-state index contributed by atoms with van der Waals surface area (Å²) in [6, 6.07) is 4.41. The fourth-order valence-electron chi connectivity index (χ4n) is 1.40. The van der Waals surface area contributed by atoms with E-state index in [2.05, 4.69) is 24.1 Å². The zero-order valence-corrected chi connectivity index (χ0v) is 8.77. The maximum atomic E-state index is 9.05. The zero-order chi connectivity index (χ0) is 10.4. The molecule has 2 N–H and O–H groups in total. The highest BCUT2D eigenvalue weighted by atomic mass is 16.3. The van der Waals surface area contributed by atoms with Gasteiger partial charge in [-0.05, 0) is 31.0 Å². The van der Waals surface area contributed by atoms with Crippen molar-refractivity contribution in [3.63, 3.8) is 0 Å². The molecule has 14 heavy (non-hydrogen) atoms. The number of pyridine rings is 1. The molecule has 1 rings (SSSR count). The van der Waals surface area contributed by atoms with Crippen molar-refractivity contribution in [2.75, 3.05) is 6.61 Å². The molecule has 0 saturated carbocycles. The van der Waals surface area contributed by atoms with Crippen molar-refractivity contribution in [1.29, 1.82) is 0 Å². The zero-order valence-electron chi connectivity index (χ0n) is 8.77. The van der Waals surface area contributed by atoms with Crippen LogP contribution in [0.4, 0.5) is 0 Å². The van der Waals surface area contributed by atoms with Crippen molar-refractivity contribution >= 4 is 0 Å². The van der Waals surface area contributed by atoms with Gasteiger partial charge in [-0.15, -0.1) is 0 Å². The quantitative estimate of drug-likeness (QED) is 0.746. The minimum Gasteiger partial charge on any atom is -0.395 e. The molecule has 0 spiro atoms. The van der Waals surface area contributed by atoms with Gasteiger partial charge in [-0.2, -0.15) is 0 Å². The second-order valence-corrected chi connectivity index (χ2v) is 3.46. The highest BCUT2D eigenvalue weighted by Crippen LogP contribution is 2.11. The summed E-state index contributed by atoms with van der Waals surface area (Å²) < 4.78 is 0. The van der Waals surface area contributed by atoms with Crippen molar-refractivity contribution in [3.05, 3.63) is 30.1 Å². The van der Waals surface area contributed by atoms with Gasteiger partial charge in [0, 0.05) is 24.5 Å². The van der Waals surface area contributed by atoms with E-state index >= 15 is 0 Å². The van der Waals surface area contributed by atoms with E-state index in [0.29, 0.717) is 0 Å². The van der Waals surface area contributed by atoms with Gasteiger partial charge in [0.25, 0.3) is 0 Å². The van der Waals surface area contributed by atoms with Crippen molar-refractivity contribution in [1.82, 2.24) is 10.3 Å². The molecule has 3 heteroatoms. The van der Waals surface area contributed by atoms with Gasteiger partial charge in [0.1, 0.15) is 0 Å². The summed E-state index contributed by atoms with van der Waals surface area (Å²) in [5.74, 6) is 0. The van der Waals surface area contributed by atoms with Gasteiger partial charge in [-0.25, -0.2) is 0 Å². The summed E-state index contributed by atoms with van der Waals surface area (Å²) in [6.45, 7) is 4.34. The summed E-state index contributed by atoms with van der Waals surface area (Å²) in [7, 11) is 0. The Balaban J connectivity index is 2.54. The van der Waals surface area contributed by atoms with Crippen LogP contribution in [0.2, 0.25) is 0 Å². The summed E-state index contributed by atoms with van der Waals surface area (Å²) in [4.78, 5) is 3.97. The first kappa shape index (κ1) is 11.1. The molecule has 1 aromatic rings. The highest BCUT2D eigenvalue weighted by molar-refractivity contribution is 5.14. The lowest BCUT2D eigenvalue weighted by molar-refractivity contribution is 0.230. The molecule has 0 radical (unpaired) electrons. The van der Waals surface area contributed by atoms with E-state index in [0.717, 1.165) is 6.42 Å². The fourth-order valence-corrected chi connectivity index (χ4v) is 1.40. The van der Waals surface area contributed by atoms with E-state index in [1.54, 1.807) is 12.4 Å². The third-order valence-electron chi connectivity index (χ3n) is 2.40. The maximum absolute atomic E-state index is 9.05. The lowest BCUT2D eigenvalue weighted by Crippen LogP contribution is -2.33. The largest absolute Gasteiger partial charge is 0.395 e. The molecule has 0 aliphatic rings. The van der Waals surface area contributed by atoms with E-state index in [4.69, 9.17) is 5.11 Å².